The summed E-state index contributed by atoms with van der Waals surface area (Å²) in [6.07, 6.45) is 0. The number of fused-ring (bicyclic) bond motifs is 3. The molecule has 0 unspecified atom stereocenters. The molecular weight excluding hydrogens is 885 g/mol. The Morgan fingerprint density at radius 2 is 0.934 bits per heavy atom. The van der Waals surface area contributed by atoms with Gasteiger partial charge in [0.25, 0.3) is 40.5 Å². The number of aromatic hydroxyl groups is 3. The van der Waals surface area contributed by atoms with Crippen LogP contribution in [0.4, 0.5) is 34.1 Å². The predicted molar refractivity (Wildman–Crippen MR) is 215 cm³/mol. The Bertz CT molecular complexity index is 3580. The van der Waals surface area contributed by atoms with Crippen LogP contribution in [0.1, 0.15) is 0 Å². The number of nitrogens with zero attached hydrogens (tertiary/aromatic N) is 6. The number of rotatable bonds is 10. The highest BCUT2D eigenvalue weighted by Gasteiger charge is 2.26. The van der Waals surface area contributed by atoms with Crippen molar-refractivity contribution in [1.29, 1.82) is 0 Å². The van der Waals surface area contributed by atoms with Crippen LogP contribution in [-0.2, 0) is 40.5 Å². The minimum absolute atomic E-state index is 0.0236. The Kier molecular flexibility index (Phi) is 10.6. The monoisotopic (exact) mass is 908 g/mol. The van der Waals surface area contributed by atoms with Crippen LogP contribution in [-0.4, -0.2) is 67.2 Å². The average Bonchev–Trinajstić information content (AvgIpc) is 3.17. The molecule has 0 saturated carbocycles. The average molecular weight is 909 g/mol. The van der Waals surface area contributed by atoms with Crippen LogP contribution in [0.25, 0.3) is 32.3 Å². The largest absolute Gasteiger partial charge is 0.507 e. The van der Waals surface area contributed by atoms with E-state index in [9.17, 15) is 67.2 Å². The fraction of sp³-hybridized carbons (Fsp3) is 0. The zero-order valence-corrected chi connectivity index (χ0v) is 33.3. The van der Waals surface area contributed by atoms with E-state index in [1.165, 1.54) is 18.2 Å². The number of phenolic OH excluding ortho intramolecular Hbond substituents is 3. The van der Waals surface area contributed by atoms with Crippen LogP contribution >= 0.6 is 0 Å². The number of hydrogen-bond donors (Lipinski definition) is 7. The van der Waals surface area contributed by atoms with E-state index < -0.39 is 93.7 Å². The SMILES string of the molecule is O=S(=O)(O)c1ccc2c(N=Nc3ccc(N=Nc4cccc5cccc(O)c45)cc3S(=O)(=O)O)ccc(N=Nc3cc(S(=O)(=O)O)c(O)c4ccc(S(=O)(=O)O)c(O)c34)c2c1. The molecule has 0 aliphatic carbocycles. The van der Waals surface area contributed by atoms with Gasteiger partial charge in [-0.2, -0.15) is 38.8 Å². The molecule has 7 rings (SSSR count). The third kappa shape index (κ3) is 8.47. The molecular formula is C36H24N6O15S4. The Balaban J connectivity index is 1.33. The maximum Gasteiger partial charge on any atom is 0.298 e. The van der Waals surface area contributed by atoms with Gasteiger partial charge in [0, 0.05) is 16.2 Å². The van der Waals surface area contributed by atoms with Crippen molar-refractivity contribution in [2.45, 2.75) is 19.6 Å². The van der Waals surface area contributed by atoms with Crippen LogP contribution in [0.3, 0.4) is 0 Å². The second kappa shape index (κ2) is 15.3. The summed E-state index contributed by atoms with van der Waals surface area (Å²) in [5.41, 5.74) is -1.23. The molecule has 7 aromatic carbocycles. The van der Waals surface area contributed by atoms with Crippen LogP contribution in [0.15, 0.2) is 153 Å². The Morgan fingerprint density at radius 1 is 0.377 bits per heavy atom. The lowest BCUT2D eigenvalue weighted by atomic mass is 10.1. The summed E-state index contributed by atoms with van der Waals surface area (Å²) >= 11 is 0. The summed E-state index contributed by atoms with van der Waals surface area (Å²) in [6.45, 7) is 0. The van der Waals surface area contributed by atoms with Crippen molar-refractivity contribution < 1.29 is 67.2 Å². The van der Waals surface area contributed by atoms with Gasteiger partial charge < -0.3 is 15.3 Å². The number of azo groups is 3. The molecule has 312 valence electrons. The molecule has 0 amide bonds. The van der Waals surface area contributed by atoms with Crippen molar-refractivity contribution in [3.63, 3.8) is 0 Å². The van der Waals surface area contributed by atoms with Gasteiger partial charge in [0.2, 0.25) is 0 Å². The highest BCUT2D eigenvalue weighted by molar-refractivity contribution is 7.86. The van der Waals surface area contributed by atoms with E-state index in [1.54, 1.807) is 30.3 Å². The van der Waals surface area contributed by atoms with Gasteiger partial charge in [-0.1, -0.05) is 30.3 Å². The van der Waals surface area contributed by atoms with Gasteiger partial charge in [0.05, 0.1) is 44.1 Å². The number of phenols is 3. The van der Waals surface area contributed by atoms with Gasteiger partial charge in [0.15, 0.2) is 0 Å². The lowest BCUT2D eigenvalue weighted by molar-refractivity contribution is 0.441. The molecule has 0 heterocycles. The van der Waals surface area contributed by atoms with Gasteiger partial charge in [0.1, 0.15) is 37.6 Å². The molecule has 0 aliphatic rings. The van der Waals surface area contributed by atoms with Crippen molar-refractivity contribution in [3.05, 3.63) is 103 Å². The molecule has 61 heavy (non-hydrogen) atoms. The minimum Gasteiger partial charge on any atom is -0.507 e. The lowest BCUT2D eigenvalue weighted by Crippen LogP contribution is -2.01. The summed E-state index contributed by atoms with van der Waals surface area (Å²) in [6, 6.07) is 20.6. The molecule has 7 aromatic rings. The van der Waals surface area contributed by atoms with Crippen molar-refractivity contribution in [2.24, 2.45) is 30.7 Å². The first kappa shape index (κ1) is 42.3. The second-order valence-electron chi connectivity index (χ2n) is 12.7. The third-order valence-corrected chi connectivity index (χ3v) is 12.3. The van der Waals surface area contributed by atoms with E-state index in [0.717, 1.165) is 42.5 Å². The number of benzene rings is 7. The van der Waals surface area contributed by atoms with E-state index in [4.69, 9.17) is 0 Å². The van der Waals surface area contributed by atoms with Crippen LogP contribution in [0.2, 0.25) is 0 Å². The summed E-state index contributed by atoms with van der Waals surface area (Å²) in [5, 5.41) is 55.6. The van der Waals surface area contributed by atoms with Crippen molar-refractivity contribution in [2.75, 3.05) is 0 Å². The first-order chi connectivity index (χ1) is 28.5. The molecule has 0 saturated heterocycles. The molecule has 0 atom stereocenters. The van der Waals surface area contributed by atoms with Crippen LogP contribution in [0.5, 0.6) is 17.2 Å². The predicted octanol–water partition coefficient (Wildman–Crippen LogP) is 8.50. The smallest absolute Gasteiger partial charge is 0.298 e. The Hall–Kier alpha value is -6.84. The highest BCUT2D eigenvalue weighted by atomic mass is 32.2. The van der Waals surface area contributed by atoms with E-state index in [1.807, 2.05) is 0 Å². The molecule has 0 aliphatic heterocycles. The summed E-state index contributed by atoms with van der Waals surface area (Å²) in [5.74, 6) is -2.41. The second-order valence-corrected chi connectivity index (χ2v) is 18.3. The standard InChI is InChI=1S/C36H24N6O15S4/c43-29-6-2-4-18-3-1-5-27(33(18)29)41-37-19-7-11-26(31(15-19)60(52,53)54)40-38-24-12-13-25(23-16-20(58(46,47)48)8-9-21(23)24)39-42-28-17-32(61(55,56)57)35(44)22-10-14-30(59(49,50)51)36(45)34(22)28/h1-17,43-45H,(H,46,47,48)(H,49,50,51)(H,52,53,54)(H,55,56,57). The van der Waals surface area contributed by atoms with Gasteiger partial charge in [-0.05, 0) is 78.2 Å². The normalized spacial score (nSPS) is 13.1. The molecule has 0 fully saturated rings. The molecule has 21 nitrogen and oxygen atoms in total. The van der Waals surface area contributed by atoms with Gasteiger partial charge in [-0.3, -0.25) is 18.2 Å². The lowest BCUT2D eigenvalue weighted by Gasteiger charge is -2.12. The molecule has 7 N–H and O–H groups in total. The summed E-state index contributed by atoms with van der Waals surface area (Å²) < 4.78 is 137. The number of hydrogen-bond acceptors (Lipinski definition) is 17. The molecule has 25 heteroatoms. The first-order valence-electron chi connectivity index (χ1n) is 16.6. The third-order valence-electron chi connectivity index (χ3n) is 8.84. The van der Waals surface area contributed by atoms with Crippen molar-refractivity contribution in [1.82, 2.24) is 0 Å². The van der Waals surface area contributed by atoms with Crippen molar-refractivity contribution in [3.8, 4) is 17.2 Å². The van der Waals surface area contributed by atoms with Crippen LogP contribution < -0.4 is 0 Å². The highest BCUT2D eigenvalue weighted by Crippen LogP contribution is 2.46. The first-order valence-corrected chi connectivity index (χ1v) is 22.4. The van der Waals surface area contributed by atoms with E-state index in [0.29, 0.717) is 22.9 Å². The Labute approximate surface area is 343 Å². The van der Waals surface area contributed by atoms with Gasteiger partial charge in [-0.15, -0.1) is 25.6 Å². The van der Waals surface area contributed by atoms with Crippen LogP contribution in [0, 0.1) is 0 Å². The Morgan fingerprint density at radius 3 is 1.57 bits per heavy atom. The van der Waals surface area contributed by atoms with Gasteiger partial charge in [-0.25, -0.2) is 0 Å². The minimum atomic E-state index is -5.20. The maximum atomic E-state index is 12.5. The zero-order chi connectivity index (χ0) is 44.2. The fourth-order valence-corrected chi connectivity index (χ4v) is 8.46. The molecule has 0 aromatic heterocycles. The summed E-state index contributed by atoms with van der Waals surface area (Å²) in [4.78, 5) is -3.64. The maximum absolute atomic E-state index is 12.5. The van der Waals surface area contributed by atoms with Crippen molar-refractivity contribution >= 4 is 107 Å². The van der Waals surface area contributed by atoms with E-state index in [-0.39, 0.29) is 39.3 Å². The topological polar surface area (TPSA) is 352 Å². The summed E-state index contributed by atoms with van der Waals surface area (Å²) in [7, 11) is -20.2. The molecule has 0 spiro atoms. The molecule has 0 radical (unpaired) electrons. The molecule has 0 bridgehead atoms. The zero-order valence-electron chi connectivity index (χ0n) is 30.0. The van der Waals surface area contributed by atoms with E-state index in [2.05, 4.69) is 30.7 Å². The quantitative estimate of drug-likeness (QED) is 0.0499. The van der Waals surface area contributed by atoms with Gasteiger partial charge >= 0.3 is 0 Å². The van der Waals surface area contributed by atoms with E-state index >= 15 is 0 Å². The fourth-order valence-electron chi connectivity index (χ4n) is 6.11.